The summed E-state index contributed by atoms with van der Waals surface area (Å²) >= 11 is 0. The molecule has 0 spiro atoms. The number of carboxylic acid groups (broad SMARTS) is 1. The number of aromatic hydroxyl groups is 1. The van der Waals surface area contributed by atoms with Crippen LogP contribution in [0.5, 0.6) is 5.75 Å². The Balaban J connectivity index is 1.89. The van der Waals surface area contributed by atoms with Gasteiger partial charge in [-0.05, 0) is 62.3 Å². The summed E-state index contributed by atoms with van der Waals surface area (Å²) in [6.45, 7) is 7.25. The van der Waals surface area contributed by atoms with Crippen molar-refractivity contribution in [3.05, 3.63) is 48.0 Å². The molecule has 1 aromatic carbocycles. The summed E-state index contributed by atoms with van der Waals surface area (Å²) in [6.07, 6.45) is 4.39. The van der Waals surface area contributed by atoms with Crippen molar-refractivity contribution in [3.63, 3.8) is 0 Å². The number of aliphatic carboxylic acids is 1. The minimum atomic E-state index is -1.32. The van der Waals surface area contributed by atoms with Crippen LogP contribution >= 0.6 is 0 Å². The number of nitrogens with zero attached hydrogens (tertiary/aromatic N) is 3. The maximum Gasteiger partial charge on any atom is 0.326 e. The highest BCUT2D eigenvalue weighted by molar-refractivity contribution is 5.97. The van der Waals surface area contributed by atoms with Gasteiger partial charge in [0.25, 0.3) is 0 Å². The molecule has 0 radical (unpaired) electrons. The number of carbonyl (C=O) groups is 7. The van der Waals surface area contributed by atoms with Gasteiger partial charge >= 0.3 is 5.97 Å². The second-order valence-electron chi connectivity index (χ2n) is 15.5. The van der Waals surface area contributed by atoms with Gasteiger partial charge in [-0.25, -0.2) is 9.78 Å². The number of carboxylic acids is 1. The molecule has 61 heavy (non-hydrogen) atoms. The zero-order valence-electron chi connectivity index (χ0n) is 35.4. The number of rotatable bonds is 24. The van der Waals surface area contributed by atoms with Gasteiger partial charge in [0.1, 0.15) is 42.0 Å². The highest BCUT2D eigenvalue weighted by Gasteiger charge is 2.40. The SMILES string of the molecule is CC[C@@H](C)[C@H](NC(=O)[C@H](Cc1ccc(O)cc1)NC(=O)[C@@H](NC(=O)[C@H](CCCN=C(N)N)NC(=O)CNC)C(C)C)C(=O)N[C@@H](Cc1cnc[nH]1)C(=O)N1CCC[C@@H]1C(=O)O. The number of likely N-dealkylation sites (N-methyl/N-ethyl adjacent to an activating group) is 1. The summed E-state index contributed by atoms with van der Waals surface area (Å²) in [4.78, 5) is 107. The molecule has 0 saturated carbocycles. The lowest BCUT2D eigenvalue weighted by Gasteiger charge is -2.31. The van der Waals surface area contributed by atoms with E-state index in [9.17, 15) is 43.8 Å². The van der Waals surface area contributed by atoms with Gasteiger partial charge in [-0.2, -0.15) is 0 Å². The van der Waals surface area contributed by atoms with E-state index in [1.165, 1.54) is 29.6 Å². The average Bonchev–Trinajstić information content (AvgIpc) is 3.93. The third-order valence-corrected chi connectivity index (χ3v) is 10.4. The van der Waals surface area contributed by atoms with Crippen molar-refractivity contribution in [2.75, 3.05) is 26.7 Å². The quantitative estimate of drug-likeness (QED) is 0.0322. The molecule has 1 aliphatic rings. The Morgan fingerprint density at radius 2 is 1.52 bits per heavy atom. The molecule has 3 rings (SSSR count). The van der Waals surface area contributed by atoms with Crippen LogP contribution in [0.1, 0.15) is 71.1 Å². The van der Waals surface area contributed by atoms with Crippen molar-refractivity contribution in [1.29, 1.82) is 0 Å². The van der Waals surface area contributed by atoms with E-state index in [1.807, 2.05) is 6.92 Å². The van der Waals surface area contributed by atoms with Gasteiger partial charge in [0.05, 0.1) is 12.9 Å². The molecule has 0 aliphatic carbocycles. The second-order valence-corrected chi connectivity index (χ2v) is 15.5. The highest BCUT2D eigenvalue weighted by Crippen LogP contribution is 2.20. The van der Waals surface area contributed by atoms with Gasteiger partial charge < -0.3 is 63.5 Å². The van der Waals surface area contributed by atoms with Crippen molar-refractivity contribution in [3.8, 4) is 5.75 Å². The number of aliphatic imine (C=N–C) groups is 1. The fourth-order valence-corrected chi connectivity index (χ4v) is 6.83. The van der Waals surface area contributed by atoms with E-state index in [1.54, 1.807) is 40.0 Å². The molecule has 6 amide bonds. The number of carbonyl (C=O) groups excluding carboxylic acids is 6. The van der Waals surface area contributed by atoms with Crippen LogP contribution in [0.25, 0.3) is 0 Å². The predicted octanol–water partition coefficient (Wildman–Crippen LogP) is -1.62. The standard InChI is InChI=1S/C40H62N12O9/c1-6-23(4)33(37(58)49-29(18-25-19-44-21-46-25)38(59)52-16-8-10-30(52)39(60)61)51-35(56)28(17-24-11-13-26(53)14-12-24)48-36(57)32(22(2)3)50-34(55)27(47-31(54)20-43-5)9-7-15-45-40(41)42/h11-14,19,21-23,27-30,32-33,43,53H,6-10,15-18,20H2,1-5H3,(H,44,46)(H,47,54)(H,48,57)(H,49,58)(H,50,55)(H,51,56)(H,60,61)(H4,41,42,45)/t23-,27+,28+,29+,30-,32+,33+/m1/s1. The summed E-state index contributed by atoms with van der Waals surface area (Å²) in [7, 11) is 1.57. The van der Waals surface area contributed by atoms with E-state index in [-0.39, 0.29) is 57.0 Å². The normalized spacial score (nSPS) is 16.6. The fourth-order valence-electron chi connectivity index (χ4n) is 6.83. The van der Waals surface area contributed by atoms with Crippen LogP contribution in [0.2, 0.25) is 0 Å². The van der Waals surface area contributed by atoms with Gasteiger partial charge in [0.15, 0.2) is 5.96 Å². The van der Waals surface area contributed by atoms with Crippen LogP contribution in [0.3, 0.4) is 0 Å². The number of aromatic amines is 1. The summed E-state index contributed by atoms with van der Waals surface area (Å²) < 4.78 is 0. The Labute approximate surface area is 355 Å². The third kappa shape index (κ3) is 15.4. The van der Waals surface area contributed by atoms with Crippen LogP contribution in [-0.4, -0.2) is 135 Å². The highest BCUT2D eigenvalue weighted by atomic mass is 16.4. The van der Waals surface area contributed by atoms with E-state index < -0.39 is 89.5 Å². The number of H-pyrrole nitrogens is 1. The fraction of sp³-hybridized carbons (Fsp3) is 0.575. The van der Waals surface area contributed by atoms with Gasteiger partial charge in [0, 0.05) is 37.8 Å². The average molecular weight is 855 g/mol. The summed E-state index contributed by atoms with van der Waals surface area (Å²) in [5.41, 5.74) is 11.9. The van der Waals surface area contributed by atoms with E-state index in [0.717, 1.165) is 0 Å². The van der Waals surface area contributed by atoms with Crippen molar-refractivity contribution in [2.45, 2.75) is 109 Å². The van der Waals surface area contributed by atoms with Crippen LogP contribution < -0.4 is 43.4 Å². The molecule has 336 valence electrons. The van der Waals surface area contributed by atoms with Crippen molar-refractivity contribution < 1.29 is 43.8 Å². The molecule has 2 heterocycles. The van der Waals surface area contributed by atoms with Crippen molar-refractivity contribution in [2.24, 2.45) is 28.3 Å². The van der Waals surface area contributed by atoms with Crippen LogP contribution in [0.15, 0.2) is 41.8 Å². The zero-order chi connectivity index (χ0) is 45.2. The summed E-state index contributed by atoms with van der Waals surface area (Å²) in [5.74, 6) is -6.20. The lowest BCUT2D eigenvalue weighted by atomic mass is 9.96. The molecule has 1 aromatic heterocycles. The summed E-state index contributed by atoms with van der Waals surface area (Å²) in [6, 6.07) is -1.07. The maximum atomic E-state index is 14.3. The topological polar surface area (TPSA) is 328 Å². The largest absolute Gasteiger partial charge is 0.508 e. The van der Waals surface area contributed by atoms with Gasteiger partial charge in [-0.3, -0.25) is 33.8 Å². The number of likely N-dealkylation sites (tertiary alicyclic amines) is 1. The van der Waals surface area contributed by atoms with Crippen LogP contribution in [-0.2, 0) is 46.4 Å². The Morgan fingerprint density at radius 1 is 0.885 bits per heavy atom. The maximum absolute atomic E-state index is 14.3. The number of guanidine groups is 1. The number of hydrogen-bond donors (Lipinski definition) is 11. The number of benzene rings is 1. The Kier molecular flexibility index (Phi) is 19.4. The first-order valence-corrected chi connectivity index (χ1v) is 20.4. The molecule has 2 aromatic rings. The molecule has 7 atom stereocenters. The zero-order valence-corrected chi connectivity index (χ0v) is 35.4. The number of nitrogens with two attached hydrogens (primary N) is 2. The molecule has 0 unspecified atom stereocenters. The Bertz CT molecular complexity index is 1820. The first kappa shape index (κ1) is 49.1. The van der Waals surface area contributed by atoms with Crippen LogP contribution in [0.4, 0.5) is 0 Å². The van der Waals surface area contributed by atoms with Gasteiger partial charge in [-0.1, -0.05) is 46.2 Å². The van der Waals surface area contributed by atoms with Crippen molar-refractivity contribution >= 4 is 47.4 Å². The number of hydrogen-bond acceptors (Lipinski definition) is 11. The lowest BCUT2D eigenvalue weighted by molar-refractivity contribution is -0.149. The minimum absolute atomic E-state index is 0.0256. The third-order valence-electron chi connectivity index (χ3n) is 10.4. The molecule has 1 saturated heterocycles. The molecule has 1 aliphatic heterocycles. The van der Waals surface area contributed by atoms with Crippen LogP contribution in [0, 0.1) is 11.8 Å². The minimum Gasteiger partial charge on any atom is -0.508 e. The predicted molar refractivity (Wildman–Crippen MR) is 224 cm³/mol. The molecule has 13 N–H and O–H groups in total. The summed E-state index contributed by atoms with van der Waals surface area (Å²) in [5, 5.41) is 36.1. The van der Waals surface area contributed by atoms with Gasteiger partial charge in [-0.15, -0.1) is 0 Å². The smallest absolute Gasteiger partial charge is 0.326 e. The second kappa shape index (κ2) is 24.1. The molecule has 0 bridgehead atoms. The molecule has 21 heteroatoms. The van der Waals surface area contributed by atoms with E-state index in [4.69, 9.17) is 11.5 Å². The van der Waals surface area contributed by atoms with E-state index in [0.29, 0.717) is 30.5 Å². The molecular formula is C40H62N12O9. The number of aromatic nitrogens is 2. The monoisotopic (exact) mass is 854 g/mol. The Morgan fingerprint density at radius 3 is 2.11 bits per heavy atom. The number of imidazole rings is 1. The first-order chi connectivity index (χ1) is 28.9. The number of phenols is 1. The number of phenolic OH excluding ortho intramolecular Hbond substituents is 1. The first-order valence-electron chi connectivity index (χ1n) is 20.4. The molecular weight excluding hydrogens is 793 g/mol. The molecule has 21 nitrogen and oxygen atoms in total. The van der Waals surface area contributed by atoms with E-state index >= 15 is 0 Å². The van der Waals surface area contributed by atoms with E-state index in [2.05, 4.69) is 46.9 Å². The number of nitrogens with one attached hydrogen (secondary N) is 7. The molecule has 1 fully saturated rings. The number of amides is 6. The Hall–Kier alpha value is -6.25. The van der Waals surface area contributed by atoms with Crippen molar-refractivity contribution in [1.82, 2.24) is 46.8 Å². The van der Waals surface area contributed by atoms with Gasteiger partial charge in [0.2, 0.25) is 35.4 Å². The lowest BCUT2D eigenvalue weighted by Crippen LogP contribution is -2.61.